The summed E-state index contributed by atoms with van der Waals surface area (Å²) in [6.07, 6.45) is 4.89. The fourth-order valence-corrected chi connectivity index (χ4v) is 2.37. The first-order valence-corrected chi connectivity index (χ1v) is 7.86. The average Bonchev–Trinajstić information content (AvgIpc) is 3.02. The first kappa shape index (κ1) is 16.6. The molecule has 1 N–H and O–H groups in total. The van der Waals surface area contributed by atoms with Crippen molar-refractivity contribution in [3.05, 3.63) is 59.9 Å². The molecule has 0 aliphatic carbocycles. The van der Waals surface area contributed by atoms with Crippen LogP contribution in [0, 0.1) is 20.8 Å². The van der Waals surface area contributed by atoms with Gasteiger partial charge in [0.1, 0.15) is 29.5 Å². The molecule has 0 radical (unpaired) electrons. The first-order valence-electron chi connectivity index (χ1n) is 7.86. The predicted octanol–water partition coefficient (Wildman–Crippen LogP) is 2.61. The molecule has 2 heterocycles. The van der Waals surface area contributed by atoms with Gasteiger partial charge in [-0.25, -0.2) is 15.0 Å². The van der Waals surface area contributed by atoms with E-state index in [9.17, 15) is 4.79 Å². The van der Waals surface area contributed by atoms with E-state index in [0.29, 0.717) is 17.4 Å². The summed E-state index contributed by atoms with van der Waals surface area (Å²) in [6, 6.07) is 7.44. The largest absolute Gasteiger partial charge is 0.483 e. The third-order valence-corrected chi connectivity index (χ3v) is 3.91. The third-order valence-electron chi connectivity index (χ3n) is 3.91. The molecule has 0 saturated heterocycles. The number of nitrogens with zero attached hydrogens (tertiary/aromatic N) is 4. The molecule has 0 spiro atoms. The lowest BCUT2D eigenvalue weighted by Crippen LogP contribution is -2.21. The number of nitrogens with one attached hydrogen (secondary N) is 1. The first-order chi connectivity index (χ1) is 12.0. The Morgan fingerprint density at radius 1 is 1.20 bits per heavy atom. The third kappa shape index (κ3) is 3.82. The van der Waals surface area contributed by atoms with Crippen LogP contribution in [0.3, 0.4) is 0 Å². The Morgan fingerprint density at radius 3 is 2.80 bits per heavy atom. The highest BCUT2D eigenvalue weighted by atomic mass is 16.5. The van der Waals surface area contributed by atoms with Crippen LogP contribution < -0.4 is 10.1 Å². The summed E-state index contributed by atoms with van der Waals surface area (Å²) >= 11 is 0. The van der Waals surface area contributed by atoms with Crippen molar-refractivity contribution >= 4 is 11.7 Å². The molecule has 2 aromatic heterocycles. The van der Waals surface area contributed by atoms with Gasteiger partial charge in [-0.05, 0) is 38.0 Å². The Morgan fingerprint density at radius 2 is 2.04 bits per heavy atom. The standard InChI is InChI=1S/C18H19N5O2/c1-12-5-4-6-15(13(12)2)25-10-18(24)22-16-9-17(21-11-20-16)23-8-7-19-14(23)3/h4-9,11H,10H2,1-3H3,(H,20,21,22,24). The van der Waals surface area contributed by atoms with Crippen LogP contribution in [0.1, 0.15) is 17.0 Å². The summed E-state index contributed by atoms with van der Waals surface area (Å²) in [4.78, 5) is 24.6. The lowest BCUT2D eigenvalue weighted by atomic mass is 10.1. The van der Waals surface area contributed by atoms with Crippen LogP contribution in [0.4, 0.5) is 5.82 Å². The van der Waals surface area contributed by atoms with E-state index in [1.54, 1.807) is 18.5 Å². The zero-order valence-electron chi connectivity index (χ0n) is 14.4. The zero-order chi connectivity index (χ0) is 17.8. The van der Waals surface area contributed by atoms with E-state index in [4.69, 9.17) is 4.74 Å². The highest BCUT2D eigenvalue weighted by Gasteiger charge is 2.09. The number of rotatable bonds is 5. The molecule has 0 saturated carbocycles. The number of amides is 1. The molecule has 0 atom stereocenters. The van der Waals surface area contributed by atoms with Gasteiger partial charge >= 0.3 is 0 Å². The summed E-state index contributed by atoms with van der Waals surface area (Å²) in [5.74, 6) is 2.26. The quantitative estimate of drug-likeness (QED) is 0.774. The Hall–Kier alpha value is -3.22. The second kappa shape index (κ2) is 7.12. The van der Waals surface area contributed by atoms with Gasteiger partial charge < -0.3 is 10.1 Å². The SMILES string of the molecule is Cc1cccc(OCC(=O)Nc2cc(-n3ccnc3C)ncn2)c1C. The van der Waals surface area contributed by atoms with Crippen LogP contribution in [0.2, 0.25) is 0 Å². The lowest BCUT2D eigenvalue weighted by Gasteiger charge is -2.11. The maximum absolute atomic E-state index is 12.1. The molecule has 0 aliphatic heterocycles. The van der Waals surface area contributed by atoms with Crippen LogP contribution in [-0.4, -0.2) is 32.0 Å². The molecule has 0 bridgehead atoms. The number of aromatic nitrogens is 4. The van der Waals surface area contributed by atoms with Gasteiger partial charge in [-0.2, -0.15) is 0 Å². The number of carbonyl (C=O) groups is 1. The molecule has 7 nitrogen and oxygen atoms in total. The fourth-order valence-electron chi connectivity index (χ4n) is 2.37. The molecule has 128 valence electrons. The van der Waals surface area contributed by atoms with E-state index >= 15 is 0 Å². The molecule has 0 aliphatic rings. The van der Waals surface area contributed by atoms with Gasteiger partial charge in [-0.3, -0.25) is 9.36 Å². The minimum absolute atomic E-state index is 0.0896. The lowest BCUT2D eigenvalue weighted by molar-refractivity contribution is -0.118. The van der Waals surface area contributed by atoms with E-state index in [1.807, 2.05) is 43.5 Å². The van der Waals surface area contributed by atoms with E-state index in [2.05, 4.69) is 20.3 Å². The summed E-state index contributed by atoms with van der Waals surface area (Å²) in [6.45, 7) is 5.75. The number of imidazole rings is 1. The maximum atomic E-state index is 12.1. The van der Waals surface area contributed by atoms with Crippen molar-refractivity contribution in [1.29, 1.82) is 0 Å². The fraction of sp³-hybridized carbons (Fsp3) is 0.222. The van der Waals surface area contributed by atoms with Crippen LogP contribution in [-0.2, 0) is 4.79 Å². The van der Waals surface area contributed by atoms with Crippen molar-refractivity contribution in [2.45, 2.75) is 20.8 Å². The van der Waals surface area contributed by atoms with Crippen molar-refractivity contribution in [1.82, 2.24) is 19.5 Å². The van der Waals surface area contributed by atoms with Crippen molar-refractivity contribution in [3.8, 4) is 11.6 Å². The monoisotopic (exact) mass is 337 g/mol. The molecular formula is C18H19N5O2. The Kier molecular flexibility index (Phi) is 4.74. The van der Waals surface area contributed by atoms with Crippen molar-refractivity contribution in [2.75, 3.05) is 11.9 Å². The van der Waals surface area contributed by atoms with Crippen molar-refractivity contribution < 1.29 is 9.53 Å². The molecule has 3 rings (SSSR count). The number of benzene rings is 1. The van der Waals surface area contributed by atoms with E-state index < -0.39 is 0 Å². The molecule has 7 heteroatoms. The number of hydrogen-bond donors (Lipinski definition) is 1. The van der Waals surface area contributed by atoms with E-state index in [-0.39, 0.29) is 12.5 Å². The minimum atomic E-state index is -0.284. The van der Waals surface area contributed by atoms with E-state index in [1.165, 1.54) is 6.33 Å². The average molecular weight is 337 g/mol. The highest BCUT2D eigenvalue weighted by molar-refractivity contribution is 5.91. The molecule has 3 aromatic rings. The van der Waals surface area contributed by atoms with Crippen molar-refractivity contribution in [2.24, 2.45) is 0 Å². The zero-order valence-corrected chi connectivity index (χ0v) is 14.4. The van der Waals surface area contributed by atoms with Crippen molar-refractivity contribution in [3.63, 3.8) is 0 Å². The molecule has 25 heavy (non-hydrogen) atoms. The molecule has 1 aromatic carbocycles. The smallest absolute Gasteiger partial charge is 0.263 e. The summed E-state index contributed by atoms with van der Waals surface area (Å²) in [7, 11) is 0. The molecule has 1 amide bonds. The Labute approximate surface area is 145 Å². The molecule has 0 unspecified atom stereocenters. The number of ether oxygens (including phenoxy) is 1. The summed E-state index contributed by atoms with van der Waals surface area (Å²) < 4.78 is 7.41. The summed E-state index contributed by atoms with van der Waals surface area (Å²) in [5, 5.41) is 2.72. The van der Waals surface area contributed by atoms with Gasteiger partial charge in [0, 0.05) is 18.5 Å². The Balaban J connectivity index is 1.65. The van der Waals surface area contributed by atoms with Crippen LogP contribution in [0.15, 0.2) is 43.0 Å². The van der Waals surface area contributed by atoms with Gasteiger partial charge in [0.15, 0.2) is 6.61 Å². The van der Waals surface area contributed by atoms with Gasteiger partial charge in [-0.1, -0.05) is 12.1 Å². The topological polar surface area (TPSA) is 81.9 Å². The van der Waals surface area contributed by atoms with Gasteiger partial charge in [-0.15, -0.1) is 0 Å². The van der Waals surface area contributed by atoms with Gasteiger partial charge in [0.05, 0.1) is 0 Å². The van der Waals surface area contributed by atoms with Gasteiger partial charge in [0.25, 0.3) is 5.91 Å². The second-order valence-electron chi connectivity index (χ2n) is 5.64. The predicted molar refractivity (Wildman–Crippen MR) is 93.9 cm³/mol. The van der Waals surface area contributed by atoms with Crippen LogP contribution in [0.25, 0.3) is 5.82 Å². The molecular weight excluding hydrogens is 318 g/mol. The highest BCUT2D eigenvalue weighted by Crippen LogP contribution is 2.20. The minimum Gasteiger partial charge on any atom is -0.483 e. The summed E-state index contributed by atoms with van der Waals surface area (Å²) in [5.41, 5.74) is 2.14. The van der Waals surface area contributed by atoms with E-state index in [0.717, 1.165) is 17.0 Å². The van der Waals surface area contributed by atoms with Crippen LogP contribution >= 0.6 is 0 Å². The molecule has 0 fully saturated rings. The Bertz CT molecular complexity index is 904. The number of carbonyl (C=O) groups excluding carboxylic acids is 1. The van der Waals surface area contributed by atoms with Gasteiger partial charge in [0.2, 0.25) is 0 Å². The van der Waals surface area contributed by atoms with Crippen LogP contribution in [0.5, 0.6) is 5.75 Å². The number of anilines is 1. The normalized spacial score (nSPS) is 10.5. The maximum Gasteiger partial charge on any atom is 0.263 e. The number of hydrogen-bond acceptors (Lipinski definition) is 5. The second-order valence-corrected chi connectivity index (χ2v) is 5.64. The number of aryl methyl sites for hydroxylation is 2.